The van der Waals surface area contributed by atoms with Gasteiger partial charge in [0.15, 0.2) is 11.7 Å². The molecule has 1 heterocycles. The quantitative estimate of drug-likeness (QED) is 0.883. The second-order valence-corrected chi connectivity index (χ2v) is 5.07. The van der Waals surface area contributed by atoms with E-state index in [0.29, 0.717) is 25.3 Å². The zero-order valence-electron chi connectivity index (χ0n) is 12.5. The highest BCUT2D eigenvalue weighted by molar-refractivity contribution is 5.76. The molecule has 0 fully saturated rings. The molecule has 1 aromatic heterocycles. The second-order valence-electron chi connectivity index (χ2n) is 5.07. The Bertz CT molecular complexity index is 580. The van der Waals surface area contributed by atoms with Gasteiger partial charge in [0.2, 0.25) is 5.91 Å². The highest BCUT2D eigenvalue weighted by Crippen LogP contribution is 2.20. The third-order valence-electron chi connectivity index (χ3n) is 3.56. The number of likely N-dealkylation sites (N-methyl/N-ethyl adjacent to an activating group) is 1. The highest BCUT2D eigenvalue weighted by atomic mass is 16.4. The van der Waals surface area contributed by atoms with Gasteiger partial charge in [-0.1, -0.05) is 30.3 Å². The number of aryl methyl sites for hydroxylation is 1. The van der Waals surface area contributed by atoms with Crippen LogP contribution in [0.2, 0.25) is 0 Å². The molecule has 2 rings (SSSR count). The molecule has 1 unspecified atom stereocenters. The number of nitrogens with zero attached hydrogens (tertiary/aromatic N) is 2. The zero-order chi connectivity index (χ0) is 15.2. The summed E-state index contributed by atoms with van der Waals surface area (Å²) in [4.78, 5) is 17.9. The van der Waals surface area contributed by atoms with Crippen LogP contribution in [0.3, 0.4) is 0 Å². The van der Waals surface area contributed by atoms with E-state index >= 15 is 0 Å². The van der Waals surface area contributed by atoms with E-state index in [1.165, 1.54) is 0 Å². The number of carbonyl (C=O) groups excluding carboxylic acids is 1. The summed E-state index contributed by atoms with van der Waals surface area (Å²) in [5.74, 6) is 1.35. The molecule has 5 nitrogen and oxygen atoms in total. The van der Waals surface area contributed by atoms with Gasteiger partial charge >= 0.3 is 0 Å². The van der Waals surface area contributed by atoms with Crippen LogP contribution in [-0.4, -0.2) is 35.4 Å². The molecule has 0 aliphatic heterocycles. The Morgan fingerprint density at radius 1 is 1.38 bits per heavy atom. The summed E-state index contributed by atoms with van der Waals surface area (Å²) in [5, 5.41) is 0. The molecule has 21 heavy (non-hydrogen) atoms. The Morgan fingerprint density at radius 3 is 2.76 bits per heavy atom. The van der Waals surface area contributed by atoms with Gasteiger partial charge in [-0.3, -0.25) is 4.79 Å². The van der Waals surface area contributed by atoms with Crippen LogP contribution in [0.1, 0.15) is 19.2 Å². The van der Waals surface area contributed by atoms with Crippen LogP contribution in [0, 0.1) is 0 Å². The number of hydrogen-bond acceptors (Lipinski definition) is 4. The normalized spacial score (nSPS) is 12.1. The number of amides is 1. The Kier molecular flexibility index (Phi) is 5.11. The van der Waals surface area contributed by atoms with Crippen LogP contribution in [0.5, 0.6) is 0 Å². The largest absolute Gasteiger partial charge is 0.441 e. The van der Waals surface area contributed by atoms with Gasteiger partial charge in [0.05, 0.1) is 6.20 Å². The molecule has 112 valence electrons. The van der Waals surface area contributed by atoms with Crippen molar-refractivity contribution < 1.29 is 9.21 Å². The van der Waals surface area contributed by atoms with Gasteiger partial charge in [-0.2, -0.15) is 0 Å². The fourth-order valence-corrected chi connectivity index (χ4v) is 1.96. The van der Waals surface area contributed by atoms with Crippen LogP contribution in [-0.2, 0) is 11.2 Å². The Hall–Kier alpha value is -2.14. The fourth-order valence-electron chi connectivity index (χ4n) is 1.96. The lowest BCUT2D eigenvalue weighted by Gasteiger charge is -2.23. The van der Waals surface area contributed by atoms with Gasteiger partial charge in [0, 0.05) is 38.0 Å². The molecule has 1 atom stereocenters. The van der Waals surface area contributed by atoms with Crippen LogP contribution in [0.25, 0.3) is 11.3 Å². The van der Waals surface area contributed by atoms with Crippen LogP contribution in [0.4, 0.5) is 0 Å². The smallest absolute Gasteiger partial charge is 0.223 e. The number of nitrogens with two attached hydrogens (primary N) is 1. The van der Waals surface area contributed by atoms with E-state index in [-0.39, 0.29) is 11.9 Å². The number of aromatic nitrogens is 1. The Morgan fingerprint density at radius 2 is 2.10 bits per heavy atom. The van der Waals surface area contributed by atoms with Crippen molar-refractivity contribution in [2.45, 2.75) is 25.8 Å². The van der Waals surface area contributed by atoms with E-state index in [1.54, 1.807) is 18.1 Å². The summed E-state index contributed by atoms with van der Waals surface area (Å²) in [6.07, 6.45) is 2.56. The number of carbonyl (C=O) groups is 1. The monoisotopic (exact) mass is 287 g/mol. The van der Waals surface area contributed by atoms with Crippen molar-refractivity contribution in [1.29, 1.82) is 0 Å². The molecule has 1 aromatic carbocycles. The van der Waals surface area contributed by atoms with Gasteiger partial charge in [-0.15, -0.1) is 0 Å². The van der Waals surface area contributed by atoms with E-state index < -0.39 is 0 Å². The fraction of sp³-hybridized carbons (Fsp3) is 0.375. The zero-order valence-corrected chi connectivity index (χ0v) is 12.5. The molecule has 0 radical (unpaired) electrons. The number of rotatable bonds is 6. The Labute approximate surface area is 124 Å². The summed E-state index contributed by atoms with van der Waals surface area (Å²) in [6.45, 7) is 2.38. The van der Waals surface area contributed by atoms with Crippen molar-refractivity contribution in [2.24, 2.45) is 5.73 Å². The maximum atomic E-state index is 12.0. The summed E-state index contributed by atoms with van der Waals surface area (Å²) in [5.41, 5.74) is 6.54. The van der Waals surface area contributed by atoms with Crippen molar-refractivity contribution in [2.75, 3.05) is 13.6 Å². The predicted octanol–water partition coefficient (Wildman–Crippen LogP) is 2.08. The summed E-state index contributed by atoms with van der Waals surface area (Å²) >= 11 is 0. The molecule has 0 aliphatic rings. The minimum Gasteiger partial charge on any atom is -0.441 e. The van der Waals surface area contributed by atoms with Crippen molar-refractivity contribution in [3.63, 3.8) is 0 Å². The van der Waals surface area contributed by atoms with Crippen LogP contribution < -0.4 is 5.73 Å². The summed E-state index contributed by atoms with van der Waals surface area (Å²) in [7, 11) is 1.77. The van der Waals surface area contributed by atoms with Gasteiger partial charge in [0.25, 0.3) is 0 Å². The SMILES string of the molecule is CC(CN)N(C)C(=O)CCc1ncc(-c2ccccc2)o1. The van der Waals surface area contributed by atoms with Crippen molar-refractivity contribution in [3.8, 4) is 11.3 Å². The average molecular weight is 287 g/mol. The van der Waals surface area contributed by atoms with Crippen LogP contribution >= 0.6 is 0 Å². The maximum absolute atomic E-state index is 12.0. The lowest BCUT2D eigenvalue weighted by molar-refractivity contribution is -0.131. The first kappa shape index (κ1) is 15.3. The molecule has 0 spiro atoms. The molecule has 0 aliphatic carbocycles. The van der Waals surface area contributed by atoms with E-state index in [4.69, 9.17) is 10.2 Å². The predicted molar refractivity (Wildman–Crippen MR) is 81.5 cm³/mol. The minimum absolute atomic E-state index is 0.0435. The molecule has 0 bridgehead atoms. The third-order valence-corrected chi connectivity index (χ3v) is 3.56. The highest BCUT2D eigenvalue weighted by Gasteiger charge is 2.15. The number of oxazole rings is 1. The molecule has 5 heteroatoms. The molecule has 1 amide bonds. The molecule has 2 aromatic rings. The van der Waals surface area contributed by atoms with Crippen molar-refractivity contribution in [3.05, 3.63) is 42.4 Å². The minimum atomic E-state index is 0.0435. The molecule has 2 N–H and O–H groups in total. The topological polar surface area (TPSA) is 72.4 Å². The number of benzene rings is 1. The summed E-state index contributed by atoms with van der Waals surface area (Å²) < 4.78 is 5.68. The summed E-state index contributed by atoms with van der Waals surface area (Å²) in [6, 6.07) is 9.82. The number of hydrogen-bond donors (Lipinski definition) is 1. The molecule has 0 saturated carbocycles. The van der Waals surface area contributed by atoms with Crippen LogP contribution in [0.15, 0.2) is 40.9 Å². The van der Waals surface area contributed by atoms with Gasteiger partial charge < -0.3 is 15.1 Å². The molecular formula is C16H21N3O2. The first-order valence-electron chi connectivity index (χ1n) is 7.07. The third kappa shape index (κ3) is 3.92. The van der Waals surface area contributed by atoms with Gasteiger partial charge in [-0.25, -0.2) is 4.98 Å². The maximum Gasteiger partial charge on any atom is 0.223 e. The lowest BCUT2D eigenvalue weighted by Crippen LogP contribution is -2.39. The average Bonchev–Trinajstić information content (AvgIpc) is 3.01. The van der Waals surface area contributed by atoms with Crippen molar-refractivity contribution in [1.82, 2.24) is 9.88 Å². The van der Waals surface area contributed by atoms with E-state index in [2.05, 4.69) is 4.98 Å². The lowest BCUT2D eigenvalue weighted by atomic mass is 10.2. The van der Waals surface area contributed by atoms with E-state index in [0.717, 1.165) is 11.3 Å². The second kappa shape index (κ2) is 7.04. The standard InChI is InChI=1S/C16H21N3O2/c1-12(10-17)19(2)16(20)9-8-15-18-11-14(21-15)13-6-4-3-5-7-13/h3-7,11-12H,8-10,17H2,1-2H3. The van der Waals surface area contributed by atoms with Gasteiger partial charge in [-0.05, 0) is 6.92 Å². The van der Waals surface area contributed by atoms with Crippen molar-refractivity contribution >= 4 is 5.91 Å². The molecular weight excluding hydrogens is 266 g/mol. The van der Waals surface area contributed by atoms with Gasteiger partial charge in [0.1, 0.15) is 0 Å². The van der Waals surface area contributed by atoms with E-state index in [1.807, 2.05) is 37.3 Å². The van der Waals surface area contributed by atoms with E-state index in [9.17, 15) is 4.79 Å². The first-order chi connectivity index (χ1) is 10.1. The Balaban J connectivity index is 1.93. The first-order valence-corrected chi connectivity index (χ1v) is 7.07. The molecule has 0 saturated heterocycles.